The number of nitrogens with one attached hydrogen (secondary N) is 1. The molecule has 2 heterocycles. The number of benzene rings is 1. The summed E-state index contributed by atoms with van der Waals surface area (Å²) in [6, 6.07) is 8.52. The number of aromatic amines is 1. The molecule has 1 aliphatic rings. The fourth-order valence-corrected chi connectivity index (χ4v) is 3.10. The number of carbonyl (C=O) groups is 1. The molecule has 1 fully saturated rings. The zero-order chi connectivity index (χ0) is 16.6. The summed E-state index contributed by atoms with van der Waals surface area (Å²) in [7, 11) is 0. The first-order valence-corrected chi connectivity index (χ1v) is 8.16. The summed E-state index contributed by atoms with van der Waals surface area (Å²) in [5.41, 5.74) is 1.90. The van der Waals surface area contributed by atoms with Crippen LogP contribution in [0.25, 0.3) is 10.9 Å². The van der Waals surface area contributed by atoms with E-state index in [9.17, 15) is 4.79 Å². The van der Waals surface area contributed by atoms with E-state index < -0.39 is 5.60 Å². The molecule has 1 aliphatic heterocycles. The van der Waals surface area contributed by atoms with Crippen LogP contribution in [0.5, 0.6) is 0 Å². The predicted octanol–water partition coefficient (Wildman–Crippen LogP) is 3.61. The molecule has 1 N–H and O–H groups in total. The molecule has 2 aromatic rings. The molecule has 1 saturated heterocycles. The fourth-order valence-electron chi connectivity index (χ4n) is 3.10. The van der Waals surface area contributed by atoms with Gasteiger partial charge in [0.25, 0.3) is 0 Å². The van der Waals surface area contributed by atoms with Crippen LogP contribution in [0.2, 0.25) is 0 Å². The van der Waals surface area contributed by atoms with Crippen LogP contribution in [-0.4, -0.2) is 47.3 Å². The number of rotatable bonds is 1. The highest BCUT2D eigenvalue weighted by Crippen LogP contribution is 2.27. The maximum absolute atomic E-state index is 12.3. The lowest BCUT2D eigenvalue weighted by Crippen LogP contribution is -2.55. The molecule has 1 aromatic heterocycles. The molecule has 5 nitrogen and oxygen atoms in total. The van der Waals surface area contributed by atoms with Crippen LogP contribution in [0.1, 0.15) is 27.7 Å². The van der Waals surface area contributed by atoms with Gasteiger partial charge in [0.1, 0.15) is 5.60 Å². The maximum Gasteiger partial charge on any atom is 0.410 e. The van der Waals surface area contributed by atoms with Gasteiger partial charge in [-0.05, 0) is 39.8 Å². The monoisotopic (exact) mass is 315 g/mol. The number of carbonyl (C=O) groups excluding carboxylic acids is 1. The lowest BCUT2D eigenvalue weighted by molar-refractivity contribution is 0.0159. The van der Waals surface area contributed by atoms with Gasteiger partial charge in [-0.15, -0.1) is 0 Å². The SMILES string of the molecule is C[C@H]1CN(c2cccc3cc[nH]c23)CCN1C(=O)OC(C)(C)C. The van der Waals surface area contributed by atoms with Gasteiger partial charge in [-0.25, -0.2) is 4.79 Å². The van der Waals surface area contributed by atoms with E-state index >= 15 is 0 Å². The Morgan fingerprint density at radius 3 is 2.74 bits per heavy atom. The first-order chi connectivity index (χ1) is 10.8. The van der Waals surface area contributed by atoms with E-state index in [-0.39, 0.29) is 12.1 Å². The summed E-state index contributed by atoms with van der Waals surface area (Å²) in [6.45, 7) is 10.1. The third-order valence-corrected chi connectivity index (χ3v) is 4.16. The Morgan fingerprint density at radius 1 is 1.26 bits per heavy atom. The molecule has 0 bridgehead atoms. The van der Waals surface area contributed by atoms with Crippen LogP contribution in [0.3, 0.4) is 0 Å². The molecule has 23 heavy (non-hydrogen) atoms. The lowest BCUT2D eigenvalue weighted by Gasteiger charge is -2.41. The van der Waals surface area contributed by atoms with E-state index in [2.05, 4.69) is 41.1 Å². The first kappa shape index (κ1) is 15.7. The van der Waals surface area contributed by atoms with Gasteiger partial charge in [0.2, 0.25) is 0 Å². The third kappa shape index (κ3) is 3.28. The largest absolute Gasteiger partial charge is 0.444 e. The topological polar surface area (TPSA) is 48.6 Å². The highest BCUT2D eigenvalue weighted by molar-refractivity contribution is 5.91. The van der Waals surface area contributed by atoms with Crippen molar-refractivity contribution in [2.75, 3.05) is 24.5 Å². The number of H-pyrrole nitrogens is 1. The highest BCUT2D eigenvalue weighted by Gasteiger charge is 2.31. The van der Waals surface area contributed by atoms with Crippen molar-refractivity contribution in [1.82, 2.24) is 9.88 Å². The van der Waals surface area contributed by atoms with Gasteiger partial charge in [0.05, 0.1) is 11.2 Å². The molecule has 0 aliphatic carbocycles. The smallest absolute Gasteiger partial charge is 0.410 e. The van der Waals surface area contributed by atoms with Crippen molar-refractivity contribution in [1.29, 1.82) is 0 Å². The van der Waals surface area contributed by atoms with Crippen LogP contribution < -0.4 is 4.90 Å². The van der Waals surface area contributed by atoms with Gasteiger partial charge in [0, 0.05) is 37.3 Å². The van der Waals surface area contributed by atoms with Crippen molar-refractivity contribution < 1.29 is 9.53 Å². The van der Waals surface area contributed by atoms with Crippen molar-refractivity contribution in [2.24, 2.45) is 0 Å². The standard InChI is InChI=1S/C18H25N3O2/c1-13-12-20(10-11-21(13)17(22)23-18(2,3)4)15-7-5-6-14-8-9-19-16(14)15/h5-9,13,19H,10-12H2,1-4H3/t13-/m0/s1. The fraction of sp³-hybridized carbons (Fsp3) is 0.500. The van der Waals surface area contributed by atoms with Crippen LogP contribution >= 0.6 is 0 Å². The number of hydrogen-bond acceptors (Lipinski definition) is 3. The third-order valence-electron chi connectivity index (χ3n) is 4.16. The number of piperazine rings is 1. The summed E-state index contributed by atoms with van der Waals surface area (Å²) in [6.07, 6.45) is 1.75. The minimum atomic E-state index is -0.455. The quantitative estimate of drug-likeness (QED) is 0.874. The van der Waals surface area contributed by atoms with Gasteiger partial charge in [-0.3, -0.25) is 0 Å². The van der Waals surface area contributed by atoms with Crippen molar-refractivity contribution in [3.63, 3.8) is 0 Å². The summed E-state index contributed by atoms with van der Waals surface area (Å²) < 4.78 is 5.51. The maximum atomic E-state index is 12.3. The molecule has 124 valence electrons. The summed E-state index contributed by atoms with van der Waals surface area (Å²) in [5.74, 6) is 0. The van der Waals surface area contributed by atoms with Crippen molar-refractivity contribution >= 4 is 22.7 Å². The summed E-state index contributed by atoms with van der Waals surface area (Å²) in [4.78, 5) is 19.8. The van der Waals surface area contributed by atoms with E-state index in [0.29, 0.717) is 6.54 Å². The number of ether oxygens (including phenoxy) is 1. The zero-order valence-corrected chi connectivity index (χ0v) is 14.3. The molecular weight excluding hydrogens is 290 g/mol. The normalized spacial score (nSPS) is 19.2. The molecule has 0 radical (unpaired) electrons. The van der Waals surface area contributed by atoms with E-state index in [1.807, 2.05) is 31.9 Å². The summed E-state index contributed by atoms with van der Waals surface area (Å²) >= 11 is 0. The highest BCUT2D eigenvalue weighted by atomic mass is 16.6. The average molecular weight is 315 g/mol. The number of fused-ring (bicyclic) bond motifs is 1. The summed E-state index contributed by atoms with van der Waals surface area (Å²) in [5, 5.41) is 1.21. The van der Waals surface area contributed by atoms with Crippen LogP contribution in [-0.2, 0) is 4.74 Å². The number of aromatic nitrogens is 1. The Bertz CT molecular complexity index is 702. The Morgan fingerprint density at radius 2 is 2.04 bits per heavy atom. The Labute approximate surface area is 137 Å². The van der Waals surface area contributed by atoms with Gasteiger partial charge < -0.3 is 19.5 Å². The molecule has 1 amide bonds. The van der Waals surface area contributed by atoms with Crippen molar-refractivity contribution in [3.8, 4) is 0 Å². The van der Waals surface area contributed by atoms with E-state index in [0.717, 1.165) is 18.6 Å². The number of para-hydroxylation sites is 1. The molecule has 0 saturated carbocycles. The Hall–Kier alpha value is -2.17. The van der Waals surface area contributed by atoms with E-state index in [1.165, 1.54) is 11.1 Å². The Kier molecular flexibility index (Phi) is 3.96. The minimum Gasteiger partial charge on any atom is -0.444 e. The van der Waals surface area contributed by atoms with E-state index in [1.54, 1.807) is 0 Å². The molecule has 0 spiro atoms. The van der Waals surface area contributed by atoms with Gasteiger partial charge in [-0.1, -0.05) is 12.1 Å². The predicted molar refractivity (Wildman–Crippen MR) is 92.9 cm³/mol. The second-order valence-electron chi connectivity index (χ2n) is 7.19. The Balaban J connectivity index is 1.74. The van der Waals surface area contributed by atoms with E-state index in [4.69, 9.17) is 4.74 Å². The molecule has 0 unspecified atom stereocenters. The van der Waals surface area contributed by atoms with Crippen LogP contribution in [0.15, 0.2) is 30.5 Å². The van der Waals surface area contributed by atoms with Crippen LogP contribution in [0.4, 0.5) is 10.5 Å². The number of nitrogens with zero attached hydrogens (tertiary/aromatic N) is 2. The molecule has 3 rings (SSSR count). The molecular formula is C18H25N3O2. The first-order valence-electron chi connectivity index (χ1n) is 8.16. The second-order valence-corrected chi connectivity index (χ2v) is 7.19. The average Bonchev–Trinajstić information content (AvgIpc) is 2.93. The zero-order valence-electron chi connectivity index (χ0n) is 14.3. The minimum absolute atomic E-state index is 0.115. The lowest BCUT2D eigenvalue weighted by atomic mass is 10.1. The molecule has 1 aromatic carbocycles. The second kappa shape index (κ2) is 5.80. The van der Waals surface area contributed by atoms with Crippen molar-refractivity contribution in [3.05, 3.63) is 30.5 Å². The van der Waals surface area contributed by atoms with Gasteiger partial charge >= 0.3 is 6.09 Å². The molecule has 5 heteroatoms. The number of amides is 1. The number of anilines is 1. The van der Waals surface area contributed by atoms with Crippen molar-refractivity contribution in [2.45, 2.75) is 39.3 Å². The van der Waals surface area contributed by atoms with Crippen LogP contribution in [0, 0.1) is 0 Å². The number of hydrogen-bond donors (Lipinski definition) is 1. The van der Waals surface area contributed by atoms with Gasteiger partial charge in [0.15, 0.2) is 0 Å². The van der Waals surface area contributed by atoms with Gasteiger partial charge in [-0.2, -0.15) is 0 Å². The molecule has 1 atom stereocenters.